The summed E-state index contributed by atoms with van der Waals surface area (Å²) >= 11 is 4.69. The van der Waals surface area contributed by atoms with Crippen LogP contribution in [0.1, 0.15) is 22.3 Å². The van der Waals surface area contributed by atoms with Crippen LogP contribution in [0.4, 0.5) is 0 Å². The van der Waals surface area contributed by atoms with Gasteiger partial charge in [-0.05, 0) is 30.5 Å². The van der Waals surface area contributed by atoms with E-state index in [4.69, 9.17) is 0 Å². The Labute approximate surface area is 245 Å². The summed E-state index contributed by atoms with van der Waals surface area (Å²) in [6.45, 7) is 0. The van der Waals surface area contributed by atoms with Gasteiger partial charge in [-0.1, -0.05) is 68.5 Å². The van der Waals surface area contributed by atoms with Gasteiger partial charge in [0.2, 0.25) is 0 Å². The van der Waals surface area contributed by atoms with E-state index >= 15 is 0 Å². The second kappa shape index (κ2) is 12.2. The van der Waals surface area contributed by atoms with Crippen LogP contribution in [0, 0.1) is 12.1 Å². The molecule has 0 amide bonds. The summed E-state index contributed by atoms with van der Waals surface area (Å²) in [5, 5.41) is 1.34. The van der Waals surface area contributed by atoms with E-state index in [1.807, 2.05) is 12.1 Å². The quantitative estimate of drug-likeness (QED) is 0.227. The normalized spacial score (nSPS) is 11.3. The van der Waals surface area contributed by atoms with Crippen LogP contribution in [0.25, 0.3) is 33.3 Å². The molecular formula is C29H20BrCl2NSZr-2. The summed E-state index contributed by atoms with van der Waals surface area (Å²) in [5.74, 6) is 0. The number of hydrogen-bond acceptors (Lipinski definition) is 1. The Kier molecular flexibility index (Phi) is 9.83. The molecule has 0 spiro atoms. The number of halogens is 3. The van der Waals surface area contributed by atoms with Crippen molar-refractivity contribution in [2.24, 2.45) is 7.05 Å². The summed E-state index contributed by atoms with van der Waals surface area (Å²) < 4.78 is 3.43. The smallest absolute Gasteiger partial charge is 0.0253 e. The van der Waals surface area contributed by atoms with Crippen LogP contribution in [0.3, 0.4) is 0 Å². The van der Waals surface area contributed by atoms with Crippen molar-refractivity contribution in [2.75, 3.05) is 0 Å². The molecule has 2 aliphatic carbocycles. The predicted octanol–water partition coefficient (Wildman–Crippen LogP) is 2.02. The Bertz CT molecular complexity index is 1450. The van der Waals surface area contributed by atoms with E-state index in [9.17, 15) is 0 Å². The first-order valence-electron chi connectivity index (χ1n) is 10.8. The molecular weight excluding hydrogens is 636 g/mol. The topological polar surface area (TPSA) is 4.93 Å². The molecule has 174 valence electrons. The van der Waals surface area contributed by atoms with Gasteiger partial charge >= 0.3 is 31.5 Å². The molecule has 0 saturated heterocycles. The molecule has 1 nitrogen and oxygen atoms in total. The molecule has 0 atom stereocenters. The van der Waals surface area contributed by atoms with E-state index in [1.54, 1.807) is 0 Å². The molecule has 0 radical (unpaired) electrons. The number of nitrogens with zero attached hydrogens (tertiary/aromatic N) is 1. The van der Waals surface area contributed by atoms with Crippen LogP contribution >= 0.6 is 24.8 Å². The molecule has 0 N–H and O–H groups in total. The first kappa shape index (κ1) is 28.2. The van der Waals surface area contributed by atoms with Crippen molar-refractivity contribution >= 4 is 35.7 Å². The summed E-state index contributed by atoms with van der Waals surface area (Å²) in [4.78, 5) is 0. The minimum Gasteiger partial charge on any atom is -0.179 e. The molecule has 6 heteroatoms. The van der Waals surface area contributed by atoms with Gasteiger partial charge in [0.05, 0.1) is 0 Å². The summed E-state index contributed by atoms with van der Waals surface area (Å²) in [6.07, 6.45) is 2.08. The number of benzene rings is 4. The maximum Gasteiger partial charge on any atom is -0.0253 e. The van der Waals surface area contributed by atoms with Crippen molar-refractivity contribution in [2.45, 2.75) is 12.8 Å². The minimum atomic E-state index is 0. The van der Waals surface area contributed by atoms with Crippen molar-refractivity contribution in [3.05, 3.63) is 118 Å². The number of para-hydroxylation sites is 1. The van der Waals surface area contributed by atoms with Crippen molar-refractivity contribution in [3.63, 3.8) is 0 Å². The van der Waals surface area contributed by atoms with Gasteiger partial charge in [-0.15, -0.1) is 10.9 Å². The van der Waals surface area contributed by atoms with Crippen molar-refractivity contribution in [1.29, 1.82) is 0 Å². The van der Waals surface area contributed by atoms with Gasteiger partial charge in [0.25, 0.3) is 0 Å². The second-order valence-corrected chi connectivity index (χ2v) is 9.11. The van der Waals surface area contributed by atoms with Gasteiger partial charge in [0.1, 0.15) is 0 Å². The Balaban J connectivity index is 0.000000180. The van der Waals surface area contributed by atoms with Crippen molar-refractivity contribution in [3.8, 4) is 22.4 Å². The molecule has 0 unspecified atom stereocenters. The molecule has 1 heterocycles. The first-order chi connectivity index (χ1) is 16.2. The van der Waals surface area contributed by atoms with Crippen LogP contribution in [0.5, 0.6) is 0 Å². The van der Waals surface area contributed by atoms with Crippen molar-refractivity contribution < 1.29 is 47.5 Å². The molecule has 1 aromatic heterocycles. The maximum atomic E-state index is 4.17. The first-order valence-corrected chi connectivity index (χ1v) is 15.0. The Morgan fingerprint density at radius 2 is 1.51 bits per heavy atom. The zero-order valence-electron chi connectivity index (χ0n) is 18.9. The largest absolute Gasteiger partial charge is 0.179 e. The monoisotopic (exact) mass is 653 g/mol. The van der Waals surface area contributed by atoms with E-state index in [0.29, 0.717) is 0 Å². The molecule has 35 heavy (non-hydrogen) atoms. The van der Waals surface area contributed by atoms with Gasteiger partial charge in [-0.25, -0.2) is 0 Å². The molecule has 5 aromatic rings. The fourth-order valence-corrected chi connectivity index (χ4v) is 5.45. The van der Waals surface area contributed by atoms with Crippen LogP contribution in [-0.2, 0) is 42.6 Å². The zero-order chi connectivity index (χ0) is 22.9. The molecule has 4 aromatic carbocycles. The summed E-state index contributed by atoms with van der Waals surface area (Å²) in [6, 6.07) is 34.3. The van der Waals surface area contributed by atoms with E-state index < -0.39 is 0 Å². The predicted molar refractivity (Wildman–Crippen MR) is 139 cm³/mol. The molecule has 7 rings (SSSR count). The standard InChI is InChI=1S/C16H11BrN.C13H9.2ClH.S.Zr/c1-18-15-5-3-2-4-13(15)14-9-10-8-11(17)6-7-12(10)16(14)18;1-3-7-12-10(5-1)9-11-6-2-4-8-13(11)12;;;;/h2-4,6-8H,9H2,1H3;1-5,7-8H,9H2;2*1H;;/q2*-1;;;;+2/p-2. The Morgan fingerprint density at radius 3 is 2.34 bits per heavy atom. The van der Waals surface area contributed by atoms with Gasteiger partial charge in [-0.2, -0.15) is 54.1 Å². The number of aromatic nitrogens is 1. The van der Waals surface area contributed by atoms with Gasteiger partial charge in [-0.3, -0.25) is 0 Å². The third kappa shape index (κ3) is 5.20. The van der Waals surface area contributed by atoms with Crippen LogP contribution < -0.4 is 24.8 Å². The molecule has 0 bridgehead atoms. The molecule has 0 fully saturated rings. The van der Waals surface area contributed by atoms with Crippen molar-refractivity contribution in [1.82, 2.24) is 4.57 Å². The number of fused-ring (bicyclic) bond motifs is 8. The summed E-state index contributed by atoms with van der Waals surface area (Å²) in [7, 11) is 6.31. The summed E-state index contributed by atoms with van der Waals surface area (Å²) in [5.41, 5.74) is 12.3. The van der Waals surface area contributed by atoms with Crippen LogP contribution in [-0.4, -0.2) is 4.57 Å². The average molecular weight is 657 g/mol. The Hall–Kier alpha value is -1.42. The number of rotatable bonds is 0. The Morgan fingerprint density at radius 1 is 0.800 bits per heavy atom. The molecule has 2 aliphatic rings. The fourth-order valence-electron chi connectivity index (χ4n) is 5.04. The van der Waals surface area contributed by atoms with E-state index in [2.05, 4.69) is 115 Å². The van der Waals surface area contributed by atoms with Gasteiger partial charge in [0, 0.05) is 22.8 Å². The van der Waals surface area contributed by atoms with E-state index in [-0.39, 0.29) is 24.8 Å². The number of hydrogen-bond donors (Lipinski definition) is 0. The van der Waals surface area contributed by atoms with Crippen LogP contribution in [0.15, 0.2) is 83.3 Å². The zero-order valence-corrected chi connectivity index (χ0v) is 25.3. The van der Waals surface area contributed by atoms with Gasteiger partial charge in [0.15, 0.2) is 0 Å². The van der Waals surface area contributed by atoms with E-state index in [1.165, 1.54) is 55.5 Å². The van der Waals surface area contributed by atoms with Crippen LogP contribution in [0.2, 0.25) is 0 Å². The third-order valence-corrected chi connectivity index (χ3v) is 6.92. The van der Waals surface area contributed by atoms with E-state index in [0.717, 1.165) is 40.0 Å². The molecule has 0 saturated carbocycles. The maximum absolute atomic E-state index is 4.17. The SMILES string of the molecule is Cn1c2c(c3ccc[c-]c31)Cc1cc(Br)ccc1-2.[Cl-].[Cl-].[S]=[Zr+2].[c-]1cccc2c1Cc1ccccc1-2. The average Bonchev–Trinajstić information content (AvgIpc) is 3.51. The fraction of sp³-hybridized carbons (Fsp3) is 0.103. The molecule has 0 aliphatic heterocycles. The second-order valence-electron chi connectivity index (χ2n) is 8.19. The third-order valence-electron chi connectivity index (χ3n) is 6.42. The number of aryl methyl sites for hydroxylation is 1. The van der Waals surface area contributed by atoms with Gasteiger partial charge < -0.3 is 29.4 Å². The minimum absolute atomic E-state index is 0.